The standard InChI is InChI=1S/C50H65N3O20P2S4/c1-48(2)40-32-38(78(67,68)69)21-23-42(40)52(29-8-6-7-14-46(54)51-28-27-50(55,74(56,57)58)75(59,60)61)44(48)25-15-34-12-11-13-35(47(34)73-36-17-19-37(20-18-36)77(64,65)66)16-26-45-49(3,4)41-33-39(79(70,71)72)22-24-43(41)53(45)30-9-10-31-76(5,62)63/h15-26,32-33,55H,6-14,27-31H2,1-5H3,(H7-,51,54,56,57,58,59,60,61,64,65,66,67,68,69,70,71,72)/p+1. The number of hydrogen-bond donors (Lipinski definition) is 9. The molecule has 29 heteroatoms. The Hall–Kier alpha value is -4.70. The van der Waals surface area contributed by atoms with Crippen molar-refractivity contribution in [1.82, 2.24) is 5.32 Å². The summed E-state index contributed by atoms with van der Waals surface area (Å²) in [6, 6.07) is 13.7. The summed E-state index contributed by atoms with van der Waals surface area (Å²) in [6.45, 7) is 7.56. The number of sulfone groups is 1. The monoisotopic (exact) mass is 1220 g/mol. The fraction of sp³-hybridized carbons (Fsp3) is 0.440. The molecular weight excluding hydrogens is 1150 g/mol. The average Bonchev–Trinajstić information content (AvgIpc) is 3.95. The molecule has 0 bridgehead atoms. The first-order chi connectivity index (χ1) is 36.3. The van der Waals surface area contributed by atoms with Gasteiger partial charge < -0.3 is 39.6 Å². The van der Waals surface area contributed by atoms with E-state index in [0.717, 1.165) is 12.0 Å². The zero-order chi connectivity index (χ0) is 59.0. The third-order valence-electron chi connectivity index (χ3n) is 14.2. The van der Waals surface area contributed by atoms with Crippen molar-refractivity contribution in [2.45, 2.75) is 123 Å². The van der Waals surface area contributed by atoms with Crippen molar-refractivity contribution in [2.24, 2.45) is 0 Å². The van der Waals surface area contributed by atoms with Crippen molar-refractivity contribution in [3.63, 3.8) is 0 Å². The van der Waals surface area contributed by atoms with E-state index in [9.17, 15) is 85.9 Å². The zero-order valence-electron chi connectivity index (χ0n) is 43.9. The Kier molecular flexibility index (Phi) is 19.0. The van der Waals surface area contributed by atoms with E-state index in [2.05, 4.69) is 5.32 Å². The van der Waals surface area contributed by atoms with E-state index in [0.29, 0.717) is 110 Å². The van der Waals surface area contributed by atoms with Gasteiger partial charge in [-0.05, 0) is 142 Å². The van der Waals surface area contributed by atoms with Crippen LogP contribution in [0.5, 0.6) is 5.75 Å². The molecule has 2 aliphatic heterocycles. The van der Waals surface area contributed by atoms with Crippen molar-refractivity contribution in [1.29, 1.82) is 0 Å². The second-order valence-electron chi connectivity index (χ2n) is 20.7. The number of nitrogens with one attached hydrogen (secondary N) is 1. The minimum absolute atomic E-state index is 0.0432. The van der Waals surface area contributed by atoms with Crippen LogP contribution in [0.1, 0.15) is 103 Å². The first-order valence-electron chi connectivity index (χ1n) is 24.8. The van der Waals surface area contributed by atoms with Gasteiger partial charge in [-0.15, -0.1) is 0 Å². The summed E-state index contributed by atoms with van der Waals surface area (Å²) in [6.07, 6.45) is 11.0. The van der Waals surface area contributed by atoms with E-state index in [-0.39, 0.29) is 32.6 Å². The number of ether oxygens (including phenoxy) is 1. The van der Waals surface area contributed by atoms with E-state index in [1.165, 1.54) is 48.5 Å². The topological polar surface area (TPSA) is 377 Å². The molecule has 0 unspecified atom stereocenters. The molecule has 0 saturated heterocycles. The van der Waals surface area contributed by atoms with Gasteiger partial charge >= 0.3 is 15.2 Å². The molecule has 1 aliphatic carbocycles. The number of fused-ring (bicyclic) bond motifs is 2. The Balaban J connectivity index is 1.38. The second-order valence-corrected chi connectivity index (χ2v) is 31.2. The van der Waals surface area contributed by atoms with E-state index in [1.807, 2.05) is 61.5 Å². The van der Waals surface area contributed by atoms with Crippen LogP contribution < -0.4 is 15.0 Å². The summed E-state index contributed by atoms with van der Waals surface area (Å²) < 4.78 is 159. The number of carbonyl (C=O) groups excluding carboxylic acids is 1. The zero-order valence-corrected chi connectivity index (χ0v) is 48.9. The highest BCUT2D eigenvalue weighted by atomic mass is 32.2. The molecule has 79 heavy (non-hydrogen) atoms. The third-order valence-corrected chi connectivity index (χ3v) is 21.6. The smallest absolute Gasteiger partial charge is 0.369 e. The van der Waals surface area contributed by atoms with Crippen LogP contribution in [0, 0.1) is 0 Å². The summed E-state index contributed by atoms with van der Waals surface area (Å²) in [4.78, 5) is 51.2. The van der Waals surface area contributed by atoms with Crippen LogP contribution in [-0.2, 0) is 64.9 Å². The van der Waals surface area contributed by atoms with Gasteiger partial charge in [0.1, 0.15) is 27.9 Å². The minimum atomic E-state index is -5.72. The molecular formula is C50H66N3O20P2S4+. The number of unbranched alkanes of at least 4 members (excludes halogenated alkanes) is 3. The number of hydrogen-bond acceptors (Lipinski definition) is 14. The molecule has 3 aromatic rings. The Morgan fingerprint density at radius 2 is 1.32 bits per heavy atom. The van der Waals surface area contributed by atoms with Gasteiger partial charge in [0.05, 0.1) is 20.1 Å². The van der Waals surface area contributed by atoms with Gasteiger partial charge in [0.25, 0.3) is 35.4 Å². The van der Waals surface area contributed by atoms with E-state index < -0.39 is 90.2 Å². The number of amides is 1. The predicted octanol–water partition coefficient (Wildman–Crippen LogP) is 6.38. The quantitative estimate of drug-likeness (QED) is 0.0203. The average molecular weight is 1220 g/mol. The lowest BCUT2D eigenvalue weighted by Gasteiger charge is -2.29. The second kappa shape index (κ2) is 23.6. The molecule has 0 aromatic heterocycles. The third kappa shape index (κ3) is 14.9. The number of benzene rings is 3. The fourth-order valence-electron chi connectivity index (χ4n) is 9.91. The van der Waals surface area contributed by atoms with Crippen LogP contribution in [0.15, 0.2) is 122 Å². The van der Waals surface area contributed by atoms with Crippen molar-refractivity contribution < 1.29 is 95.2 Å². The summed E-state index contributed by atoms with van der Waals surface area (Å²) in [5.74, 6) is -0.0483. The highest BCUT2D eigenvalue weighted by Gasteiger charge is 2.59. The van der Waals surface area contributed by atoms with Gasteiger partial charge in [0.2, 0.25) is 11.6 Å². The molecule has 1 amide bonds. The van der Waals surface area contributed by atoms with Gasteiger partial charge in [-0.1, -0.05) is 19.9 Å². The molecule has 0 fully saturated rings. The fourth-order valence-corrected chi connectivity index (χ4v) is 14.3. The molecule has 0 saturated carbocycles. The number of rotatable bonds is 24. The van der Waals surface area contributed by atoms with Crippen LogP contribution in [0.3, 0.4) is 0 Å². The molecule has 0 atom stereocenters. The van der Waals surface area contributed by atoms with Gasteiger partial charge in [0.15, 0.2) is 5.71 Å². The maximum absolute atomic E-state index is 12.7. The van der Waals surface area contributed by atoms with E-state index in [4.69, 9.17) is 4.74 Å². The van der Waals surface area contributed by atoms with Gasteiger partial charge in [-0.3, -0.25) is 27.6 Å². The van der Waals surface area contributed by atoms with E-state index >= 15 is 0 Å². The largest absolute Gasteiger partial charge is 0.457 e. The number of anilines is 1. The molecule has 434 valence electrons. The molecule has 3 aromatic carbocycles. The van der Waals surface area contributed by atoms with Crippen molar-refractivity contribution in [2.75, 3.05) is 36.5 Å². The maximum Gasteiger partial charge on any atom is 0.369 e. The summed E-state index contributed by atoms with van der Waals surface area (Å²) in [7, 11) is -28.5. The van der Waals surface area contributed by atoms with Crippen molar-refractivity contribution in [3.05, 3.63) is 119 Å². The number of aliphatic hydroxyl groups is 1. The Morgan fingerprint density at radius 1 is 0.734 bits per heavy atom. The van der Waals surface area contributed by atoms with Gasteiger partial charge in [-0.2, -0.15) is 29.8 Å². The lowest BCUT2D eigenvalue weighted by Crippen LogP contribution is -2.35. The molecule has 2 heterocycles. The normalized spacial score (nSPS) is 18.2. The number of carbonyl (C=O) groups is 1. The Bertz CT molecular complexity index is 3590. The highest BCUT2D eigenvalue weighted by molar-refractivity contribution is 7.90. The first kappa shape index (κ1) is 63.5. The maximum atomic E-state index is 12.7. The molecule has 23 nitrogen and oxygen atoms in total. The first-order valence-corrected chi connectivity index (χ1v) is 34.4. The van der Waals surface area contributed by atoms with Gasteiger partial charge in [-0.25, -0.2) is 8.42 Å². The number of allylic oxidation sites excluding steroid dienone is 7. The van der Waals surface area contributed by atoms with Crippen LogP contribution >= 0.6 is 15.2 Å². The molecule has 3 aliphatic rings. The van der Waals surface area contributed by atoms with Crippen LogP contribution in [0.25, 0.3) is 0 Å². The SMILES string of the molecule is CC1(C)C(=CC=C2CCCC(C=CC3=[N+](CCCCCC(=O)NCCC(O)(P(=O)(O)O)P(=O)(O)O)c4ccc(S(=O)(=O)O)cc4C3(C)C)=C2Oc2ccc(S(=O)(=O)O)cc2)N(CCCCS(C)(=O)=O)c2ccc(S(=O)(=O)O)cc21. The molecule has 0 spiro atoms. The van der Waals surface area contributed by atoms with Crippen molar-refractivity contribution in [3.8, 4) is 5.75 Å². The number of nitrogens with zero attached hydrogens (tertiary/aromatic N) is 2. The molecule has 6 rings (SSSR count). The van der Waals surface area contributed by atoms with E-state index in [1.54, 1.807) is 12.1 Å². The molecule has 9 N–H and O–H groups in total. The summed E-state index contributed by atoms with van der Waals surface area (Å²) >= 11 is 0. The van der Waals surface area contributed by atoms with Crippen LogP contribution in [0.4, 0.5) is 11.4 Å². The lowest BCUT2D eigenvalue weighted by atomic mass is 9.81. The summed E-state index contributed by atoms with van der Waals surface area (Å²) in [5, 5.41) is 8.76. The highest BCUT2D eigenvalue weighted by Crippen LogP contribution is 2.68. The predicted molar refractivity (Wildman–Crippen MR) is 293 cm³/mol. The Morgan fingerprint density at radius 3 is 1.90 bits per heavy atom. The van der Waals surface area contributed by atoms with Crippen LogP contribution in [0.2, 0.25) is 0 Å². The van der Waals surface area contributed by atoms with Crippen LogP contribution in [-0.4, -0.2) is 125 Å². The lowest BCUT2D eigenvalue weighted by molar-refractivity contribution is -0.438. The Labute approximate surface area is 460 Å². The molecule has 0 radical (unpaired) electrons. The van der Waals surface area contributed by atoms with Gasteiger partial charge in [0, 0.05) is 78.9 Å². The minimum Gasteiger partial charge on any atom is -0.457 e. The summed E-state index contributed by atoms with van der Waals surface area (Å²) in [5.41, 5.74) is 3.48. The van der Waals surface area contributed by atoms with Crippen molar-refractivity contribution >= 4 is 78.4 Å².